The molecule has 1 aliphatic heterocycles. The molecule has 3 heterocycles. The molecule has 0 unspecified atom stereocenters. The molecular formula is C28H27N5O2. The molecule has 0 atom stereocenters. The zero-order valence-corrected chi connectivity index (χ0v) is 19.6. The van der Waals surface area contributed by atoms with E-state index in [0.29, 0.717) is 13.1 Å². The van der Waals surface area contributed by atoms with Gasteiger partial charge in [0.25, 0.3) is 0 Å². The van der Waals surface area contributed by atoms with E-state index in [1.54, 1.807) is 25.6 Å². The van der Waals surface area contributed by atoms with Gasteiger partial charge in [0.15, 0.2) is 0 Å². The molecule has 1 aliphatic rings. The summed E-state index contributed by atoms with van der Waals surface area (Å²) in [5.74, 6) is 0.845. The quantitative estimate of drug-likeness (QED) is 0.397. The molecule has 2 aromatic heterocycles. The smallest absolute Gasteiger partial charge is 0.246 e. The first-order valence-corrected chi connectivity index (χ1v) is 11.6. The van der Waals surface area contributed by atoms with Crippen LogP contribution in [-0.2, 0) is 4.79 Å². The number of ether oxygens (including phenoxy) is 1. The van der Waals surface area contributed by atoms with Gasteiger partial charge in [0, 0.05) is 67.7 Å². The van der Waals surface area contributed by atoms with Gasteiger partial charge in [-0.25, -0.2) is 4.68 Å². The van der Waals surface area contributed by atoms with E-state index in [2.05, 4.69) is 22.0 Å². The van der Waals surface area contributed by atoms with Crippen molar-refractivity contribution in [3.8, 4) is 22.7 Å². The molecule has 0 aliphatic carbocycles. The maximum atomic E-state index is 13.0. The van der Waals surface area contributed by atoms with Crippen molar-refractivity contribution < 1.29 is 9.53 Å². The van der Waals surface area contributed by atoms with Crippen LogP contribution >= 0.6 is 0 Å². The molecular weight excluding hydrogens is 438 g/mol. The van der Waals surface area contributed by atoms with Crippen molar-refractivity contribution in [1.82, 2.24) is 19.7 Å². The fourth-order valence-electron chi connectivity index (χ4n) is 4.19. The van der Waals surface area contributed by atoms with Crippen molar-refractivity contribution in [2.75, 3.05) is 38.2 Å². The van der Waals surface area contributed by atoms with E-state index in [1.807, 2.05) is 76.5 Å². The van der Waals surface area contributed by atoms with Gasteiger partial charge < -0.3 is 14.5 Å². The number of benzene rings is 2. The van der Waals surface area contributed by atoms with Crippen molar-refractivity contribution in [2.45, 2.75) is 0 Å². The molecule has 1 amide bonds. The normalized spacial score (nSPS) is 13.9. The molecule has 5 rings (SSSR count). The van der Waals surface area contributed by atoms with E-state index in [0.717, 1.165) is 47.0 Å². The van der Waals surface area contributed by atoms with Gasteiger partial charge in [-0.3, -0.25) is 9.78 Å². The van der Waals surface area contributed by atoms with Crippen molar-refractivity contribution >= 4 is 17.7 Å². The second-order valence-corrected chi connectivity index (χ2v) is 8.30. The minimum atomic E-state index is 0.00368. The number of carbonyl (C=O) groups excluding carboxylic acids is 1. The summed E-state index contributed by atoms with van der Waals surface area (Å²) in [6.45, 7) is 2.93. The maximum Gasteiger partial charge on any atom is 0.246 e. The summed E-state index contributed by atoms with van der Waals surface area (Å²) in [4.78, 5) is 21.4. The van der Waals surface area contributed by atoms with E-state index < -0.39 is 0 Å². The van der Waals surface area contributed by atoms with Gasteiger partial charge >= 0.3 is 0 Å². The van der Waals surface area contributed by atoms with Crippen LogP contribution in [0.25, 0.3) is 23.0 Å². The summed E-state index contributed by atoms with van der Waals surface area (Å²) in [6.07, 6.45) is 8.98. The number of piperazine rings is 1. The van der Waals surface area contributed by atoms with E-state index in [4.69, 9.17) is 9.84 Å². The van der Waals surface area contributed by atoms with Gasteiger partial charge in [-0.05, 0) is 54.6 Å². The van der Waals surface area contributed by atoms with Crippen molar-refractivity contribution in [1.29, 1.82) is 0 Å². The Morgan fingerprint density at radius 1 is 0.914 bits per heavy atom. The standard InChI is InChI=1S/C28H27N5O2/c1-35-26-12-10-24(11-13-26)31-16-18-32(19-17-31)27(34)14-9-23-21-33(25-7-3-2-4-8-25)30-28(23)22-6-5-15-29-20-22/h2-15,20-21H,16-19H2,1H3/b14-9+. The highest BCUT2D eigenvalue weighted by Gasteiger charge is 2.20. The topological polar surface area (TPSA) is 63.5 Å². The number of anilines is 1. The largest absolute Gasteiger partial charge is 0.497 e. The fourth-order valence-corrected chi connectivity index (χ4v) is 4.19. The van der Waals surface area contributed by atoms with Crippen LogP contribution in [0.1, 0.15) is 5.56 Å². The molecule has 0 N–H and O–H groups in total. The van der Waals surface area contributed by atoms with Crippen LogP contribution in [0, 0.1) is 0 Å². The lowest BCUT2D eigenvalue weighted by Crippen LogP contribution is -2.48. The van der Waals surface area contributed by atoms with Gasteiger partial charge in [-0.1, -0.05) is 18.2 Å². The number of hydrogen-bond donors (Lipinski definition) is 0. The Bertz CT molecular complexity index is 1290. The van der Waals surface area contributed by atoms with Gasteiger partial charge in [-0.15, -0.1) is 0 Å². The maximum absolute atomic E-state index is 13.0. The Morgan fingerprint density at radius 2 is 1.69 bits per heavy atom. The second-order valence-electron chi connectivity index (χ2n) is 8.30. The first kappa shape index (κ1) is 22.4. The van der Waals surface area contributed by atoms with E-state index in [-0.39, 0.29) is 5.91 Å². The molecule has 0 spiro atoms. The van der Waals surface area contributed by atoms with Crippen LogP contribution in [-0.4, -0.2) is 58.9 Å². The number of rotatable bonds is 6. The average molecular weight is 466 g/mol. The lowest BCUT2D eigenvalue weighted by Gasteiger charge is -2.35. The molecule has 1 fully saturated rings. The number of carbonyl (C=O) groups is 1. The molecule has 2 aromatic carbocycles. The summed E-state index contributed by atoms with van der Waals surface area (Å²) in [5, 5.41) is 4.78. The van der Waals surface area contributed by atoms with Crippen LogP contribution in [0.2, 0.25) is 0 Å². The number of nitrogens with zero attached hydrogens (tertiary/aromatic N) is 5. The van der Waals surface area contributed by atoms with Crippen molar-refractivity contribution in [2.24, 2.45) is 0 Å². The molecule has 7 heteroatoms. The van der Waals surface area contributed by atoms with E-state index >= 15 is 0 Å². The summed E-state index contributed by atoms with van der Waals surface area (Å²) in [7, 11) is 1.67. The number of pyridine rings is 1. The number of para-hydroxylation sites is 1. The van der Waals surface area contributed by atoms with E-state index in [1.165, 1.54) is 0 Å². The molecule has 4 aromatic rings. The van der Waals surface area contributed by atoms with Gasteiger partial charge in [-0.2, -0.15) is 5.10 Å². The van der Waals surface area contributed by atoms with Crippen LogP contribution in [0.4, 0.5) is 5.69 Å². The van der Waals surface area contributed by atoms with Crippen LogP contribution in [0.15, 0.2) is 91.4 Å². The summed E-state index contributed by atoms with van der Waals surface area (Å²) >= 11 is 0. The van der Waals surface area contributed by atoms with Crippen molar-refractivity contribution in [3.63, 3.8) is 0 Å². The van der Waals surface area contributed by atoms with Gasteiger partial charge in [0.1, 0.15) is 11.4 Å². The highest BCUT2D eigenvalue weighted by molar-refractivity contribution is 5.93. The third kappa shape index (κ3) is 5.09. The second kappa shape index (κ2) is 10.3. The number of aromatic nitrogens is 3. The highest BCUT2D eigenvalue weighted by Crippen LogP contribution is 2.25. The molecule has 0 radical (unpaired) electrons. The number of methoxy groups -OCH3 is 1. The Kier molecular flexibility index (Phi) is 6.57. The number of amides is 1. The lowest BCUT2D eigenvalue weighted by molar-refractivity contribution is -0.126. The predicted molar refractivity (Wildman–Crippen MR) is 138 cm³/mol. The molecule has 0 bridgehead atoms. The van der Waals surface area contributed by atoms with Gasteiger partial charge in [0.2, 0.25) is 5.91 Å². The van der Waals surface area contributed by atoms with Gasteiger partial charge in [0.05, 0.1) is 12.8 Å². The molecule has 176 valence electrons. The molecule has 7 nitrogen and oxygen atoms in total. The summed E-state index contributed by atoms with van der Waals surface area (Å²) in [5.41, 5.74) is 4.66. The third-order valence-electron chi connectivity index (χ3n) is 6.13. The predicted octanol–water partition coefficient (Wildman–Crippen LogP) is 4.30. The minimum Gasteiger partial charge on any atom is -0.497 e. The van der Waals surface area contributed by atoms with Crippen LogP contribution in [0.3, 0.4) is 0 Å². The summed E-state index contributed by atoms with van der Waals surface area (Å²) < 4.78 is 7.08. The molecule has 35 heavy (non-hydrogen) atoms. The highest BCUT2D eigenvalue weighted by atomic mass is 16.5. The van der Waals surface area contributed by atoms with Crippen LogP contribution < -0.4 is 9.64 Å². The first-order valence-electron chi connectivity index (χ1n) is 11.6. The fraction of sp³-hybridized carbons (Fsp3) is 0.179. The van der Waals surface area contributed by atoms with E-state index in [9.17, 15) is 4.79 Å². The summed E-state index contributed by atoms with van der Waals surface area (Å²) in [6, 6.07) is 21.8. The van der Waals surface area contributed by atoms with Crippen molar-refractivity contribution in [3.05, 3.63) is 97.0 Å². The molecule has 0 saturated carbocycles. The lowest BCUT2D eigenvalue weighted by atomic mass is 10.1. The third-order valence-corrected chi connectivity index (χ3v) is 6.13. The zero-order chi connectivity index (χ0) is 24.0. The first-order chi connectivity index (χ1) is 17.2. The average Bonchev–Trinajstić information content (AvgIpc) is 3.37. The van der Waals surface area contributed by atoms with Crippen LogP contribution in [0.5, 0.6) is 5.75 Å². The molecule has 1 saturated heterocycles. The Hall–Kier alpha value is -4.39. The number of hydrogen-bond acceptors (Lipinski definition) is 5. The monoisotopic (exact) mass is 465 g/mol. The minimum absolute atomic E-state index is 0.00368. The Labute approximate surface area is 204 Å². The Balaban J connectivity index is 1.30. The Morgan fingerprint density at radius 3 is 2.37 bits per heavy atom. The SMILES string of the molecule is COc1ccc(N2CCN(C(=O)/C=C/c3cn(-c4ccccc4)nc3-c3cccnc3)CC2)cc1. The zero-order valence-electron chi connectivity index (χ0n) is 19.6.